The number of thiol groups is 1. The third-order valence-electron chi connectivity index (χ3n) is 1.95. The van der Waals surface area contributed by atoms with Crippen LogP contribution in [0, 0.1) is 6.92 Å². The number of alkyl halides is 1. The van der Waals surface area contributed by atoms with Crippen LogP contribution >= 0.6 is 24.2 Å². The van der Waals surface area contributed by atoms with E-state index >= 15 is 0 Å². The molecular formula is C10H11ClOS. The van der Waals surface area contributed by atoms with Crippen LogP contribution in [0.4, 0.5) is 0 Å². The van der Waals surface area contributed by atoms with Gasteiger partial charge in [0.2, 0.25) is 0 Å². The first-order valence-corrected chi connectivity index (χ1v) is 4.98. The minimum atomic E-state index is 0.0451. The minimum absolute atomic E-state index is 0.0451. The Morgan fingerprint density at radius 1 is 1.54 bits per heavy atom. The van der Waals surface area contributed by atoms with Crippen molar-refractivity contribution in [3.8, 4) is 0 Å². The predicted octanol–water partition coefficient (Wildman–Crippen LogP) is 2.63. The molecule has 0 fully saturated rings. The maximum Gasteiger partial charge on any atom is 0.151 e. The lowest BCUT2D eigenvalue weighted by atomic mass is 10.0. The number of Topliss-reactive ketones (excluding diaryl/α,β-unsaturated/α-hetero) is 1. The summed E-state index contributed by atoms with van der Waals surface area (Å²) in [4.78, 5) is 12.0. The molecule has 0 aliphatic rings. The highest BCUT2D eigenvalue weighted by Gasteiger charge is 2.05. The van der Waals surface area contributed by atoms with Gasteiger partial charge in [-0.25, -0.2) is 0 Å². The number of benzene rings is 1. The number of ketones is 1. The highest BCUT2D eigenvalue weighted by Crippen LogP contribution is 2.17. The van der Waals surface area contributed by atoms with E-state index in [0.29, 0.717) is 6.42 Å². The van der Waals surface area contributed by atoms with Gasteiger partial charge in [0.25, 0.3) is 0 Å². The first-order chi connectivity index (χ1) is 6.15. The van der Waals surface area contributed by atoms with Crippen LogP contribution in [0.15, 0.2) is 23.1 Å². The number of hydrogen-bond donors (Lipinski definition) is 1. The highest BCUT2D eigenvalue weighted by atomic mass is 35.5. The smallest absolute Gasteiger partial charge is 0.151 e. The summed E-state index contributed by atoms with van der Waals surface area (Å²) in [6, 6.07) is 5.73. The fourth-order valence-electron chi connectivity index (χ4n) is 1.12. The zero-order valence-electron chi connectivity index (χ0n) is 7.38. The largest absolute Gasteiger partial charge is 0.298 e. The zero-order valence-corrected chi connectivity index (χ0v) is 9.03. The second-order valence-electron chi connectivity index (χ2n) is 2.91. The molecule has 0 aromatic heterocycles. The molecule has 13 heavy (non-hydrogen) atoms. The van der Waals surface area contributed by atoms with Gasteiger partial charge in [0, 0.05) is 11.3 Å². The standard InChI is InChI=1S/C10H11ClOS/c1-7-8(5-9(12)6-11)3-2-4-10(7)13/h2-4,13H,5-6H2,1H3. The first kappa shape index (κ1) is 10.6. The average Bonchev–Trinajstić information content (AvgIpc) is 2.13. The maximum absolute atomic E-state index is 11.1. The second kappa shape index (κ2) is 4.68. The normalized spacial score (nSPS) is 10.1. The van der Waals surface area contributed by atoms with E-state index in [9.17, 15) is 4.79 Å². The third-order valence-corrected chi connectivity index (χ3v) is 2.74. The van der Waals surface area contributed by atoms with Gasteiger partial charge in [0.05, 0.1) is 5.88 Å². The number of carbonyl (C=O) groups excluding carboxylic acids is 1. The van der Waals surface area contributed by atoms with Crippen molar-refractivity contribution in [3.05, 3.63) is 29.3 Å². The van der Waals surface area contributed by atoms with Crippen LogP contribution in [0.1, 0.15) is 11.1 Å². The first-order valence-electron chi connectivity index (χ1n) is 4.00. The SMILES string of the molecule is Cc1c(S)cccc1CC(=O)CCl. The summed E-state index contributed by atoms with van der Waals surface area (Å²) < 4.78 is 0. The van der Waals surface area contributed by atoms with Crippen molar-refractivity contribution in [3.63, 3.8) is 0 Å². The summed E-state index contributed by atoms with van der Waals surface area (Å²) in [7, 11) is 0. The van der Waals surface area contributed by atoms with Gasteiger partial charge >= 0.3 is 0 Å². The van der Waals surface area contributed by atoms with Crippen molar-refractivity contribution in [2.45, 2.75) is 18.2 Å². The molecule has 0 radical (unpaired) electrons. The van der Waals surface area contributed by atoms with Crippen molar-refractivity contribution in [2.24, 2.45) is 0 Å². The van der Waals surface area contributed by atoms with Crippen LogP contribution in [0.25, 0.3) is 0 Å². The van der Waals surface area contributed by atoms with Gasteiger partial charge in [0.15, 0.2) is 5.78 Å². The van der Waals surface area contributed by atoms with Gasteiger partial charge in [-0.15, -0.1) is 24.2 Å². The molecule has 0 heterocycles. The van der Waals surface area contributed by atoms with Gasteiger partial charge in [-0.3, -0.25) is 4.79 Å². The zero-order chi connectivity index (χ0) is 9.84. The lowest BCUT2D eigenvalue weighted by Crippen LogP contribution is -2.05. The molecule has 3 heteroatoms. The highest BCUT2D eigenvalue weighted by molar-refractivity contribution is 7.80. The Kier molecular flexibility index (Phi) is 3.82. The summed E-state index contributed by atoms with van der Waals surface area (Å²) in [5.74, 6) is 0.125. The van der Waals surface area contributed by atoms with Crippen LogP contribution < -0.4 is 0 Å². The molecule has 0 N–H and O–H groups in total. The Morgan fingerprint density at radius 3 is 2.85 bits per heavy atom. The summed E-state index contributed by atoms with van der Waals surface area (Å²) in [5.41, 5.74) is 2.07. The quantitative estimate of drug-likeness (QED) is 0.605. The molecule has 0 unspecified atom stereocenters. The fourth-order valence-corrected chi connectivity index (χ4v) is 1.45. The topological polar surface area (TPSA) is 17.1 Å². The van der Waals surface area contributed by atoms with Crippen LogP contribution in [-0.2, 0) is 11.2 Å². The summed E-state index contributed by atoms with van der Waals surface area (Å²) in [6.07, 6.45) is 0.406. The molecule has 0 saturated carbocycles. The second-order valence-corrected chi connectivity index (χ2v) is 3.66. The Hall–Kier alpha value is -0.470. The van der Waals surface area contributed by atoms with Crippen molar-refractivity contribution in [1.29, 1.82) is 0 Å². The molecular weight excluding hydrogens is 204 g/mol. The van der Waals surface area contributed by atoms with E-state index in [1.807, 2.05) is 25.1 Å². The van der Waals surface area contributed by atoms with Crippen molar-refractivity contribution in [2.75, 3.05) is 5.88 Å². The third kappa shape index (κ3) is 2.75. The van der Waals surface area contributed by atoms with Crippen LogP contribution in [0.3, 0.4) is 0 Å². The lowest BCUT2D eigenvalue weighted by molar-refractivity contribution is -0.116. The molecule has 0 saturated heterocycles. The number of rotatable bonds is 3. The molecule has 1 rings (SSSR count). The molecule has 0 atom stereocenters. The lowest BCUT2D eigenvalue weighted by Gasteiger charge is -2.05. The maximum atomic E-state index is 11.1. The summed E-state index contributed by atoms with van der Waals surface area (Å²) >= 11 is 9.70. The molecule has 1 nitrogen and oxygen atoms in total. The van der Waals surface area contributed by atoms with Gasteiger partial charge < -0.3 is 0 Å². The van der Waals surface area contributed by atoms with Crippen molar-refractivity contribution >= 4 is 30.0 Å². The van der Waals surface area contributed by atoms with E-state index in [2.05, 4.69) is 12.6 Å². The monoisotopic (exact) mass is 214 g/mol. The molecule has 0 aliphatic carbocycles. The molecule has 0 spiro atoms. The van der Waals surface area contributed by atoms with Gasteiger partial charge in [-0.2, -0.15) is 0 Å². The Labute approximate surface area is 88.5 Å². The average molecular weight is 215 g/mol. The van der Waals surface area contributed by atoms with E-state index in [1.165, 1.54) is 0 Å². The molecule has 0 amide bonds. The predicted molar refractivity (Wildman–Crippen MR) is 57.9 cm³/mol. The van der Waals surface area contributed by atoms with Crippen LogP contribution in [-0.4, -0.2) is 11.7 Å². The molecule has 1 aromatic rings. The van der Waals surface area contributed by atoms with Gasteiger partial charge in [0.1, 0.15) is 0 Å². The molecule has 0 aliphatic heterocycles. The number of carbonyl (C=O) groups is 1. The fraction of sp³-hybridized carbons (Fsp3) is 0.300. The van der Waals surface area contributed by atoms with Crippen LogP contribution in [0.5, 0.6) is 0 Å². The van der Waals surface area contributed by atoms with E-state index in [4.69, 9.17) is 11.6 Å². The van der Waals surface area contributed by atoms with E-state index in [0.717, 1.165) is 16.0 Å². The Bertz CT molecular complexity index is 323. The van der Waals surface area contributed by atoms with Crippen LogP contribution in [0.2, 0.25) is 0 Å². The summed E-state index contributed by atoms with van der Waals surface area (Å²) in [6.45, 7) is 1.96. The molecule has 70 valence electrons. The Balaban J connectivity index is 2.89. The number of hydrogen-bond acceptors (Lipinski definition) is 2. The van der Waals surface area contributed by atoms with E-state index < -0.39 is 0 Å². The van der Waals surface area contributed by atoms with Gasteiger partial charge in [-0.05, 0) is 24.1 Å². The molecule has 0 bridgehead atoms. The molecule has 1 aromatic carbocycles. The van der Waals surface area contributed by atoms with E-state index in [-0.39, 0.29) is 11.7 Å². The van der Waals surface area contributed by atoms with Gasteiger partial charge in [-0.1, -0.05) is 12.1 Å². The van der Waals surface area contributed by atoms with Crippen molar-refractivity contribution < 1.29 is 4.79 Å². The number of halogens is 1. The minimum Gasteiger partial charge on any atom is -0.298 e. The summed E-state index contributed by atoms with van der Waals surface area (Å²) in [5, 5.41) is 0. The van der Waals surface area contributed by atoms with Crippen molar-refractivity contribution in [1.82, 2.24) is 0 Å². The van der Waals surface area contributed by atoms with E-state index in [1.54, 1.807) is 0 Å². The Morgan fingerprint density at radius 2 is 2.23 bits per heavy atom.